The molecular weight excluding hydrogens is 482 g/mol. The topological polar surface area (TPSA) is 3.24 Å². The molecule has 1 aliphatic heterocycles. The Hall–Kier alpha value is -3.16. The van der Waals surface area contributed by atoms with Gasteiger partial charge in [-0.1, -0.05) is 110 Å². The lowest BCUT2D eigenvalue weighted by atomic mass is 9.75. The standard InChI is InChI=1S/C35H41N.C2H6.C2H4/c1-25-13-16-29(17-14-25)18-15-26(2)30-19-21-36(22-20-30)28(4)34-23-31-10-6-7-11-32(31)24-35(34)33-12-8-5-9-27(33)3;2*1-2/h5-14,16-17,23,28,30,35H,2,15,18-22,24H2,1,3-4H3;1-2H3;1-2H2. The molecule has 0 bridgehead atoms. The zero-order chi connectivity index (χ0) is 29.1. The van der Waals surface area contributed by atoms with Crippen molar-refractivity contribution in [1.82, 2.24) is 4.90 Å². The molecular formula is C39H51N. The normalized spacial score (nSPS) is 17.7. The maximum absolute atomic E-state index is 4.53. The molecule has 2 atom stereocenters. The van der Waals surface area contributed by atoms with Crippen LogP contribution in [0, 0.1) is 19.8 Å². The summed E-state index contributed by atoms with van der Waals surface area (Å²) < 4.78 is 0. The number of benzene rings is 3. The van der Waals surface area contributed by atoms with Gasteiger partial charge in [-0.3, -0.25) is 4.90 Å². The number of hydrogen-bond donors (Lipinski definition) is 0. The van der Waals surface area contributed by atoms with Crippen LogP contribution in [0.15, 0.2) is 104 Å². The third kappa shape index (κ3) is 7.73. The van der Waals surface area contributed by atoms with E-state index in [2.05, 4.69) is 124 Å². The summed E-state index contributed by atoms with van der Waals surface area (Å²) in [6.07, 6.45) is 8.29. The molecule has 0 aromatic heterocycles. The van der Waals surface area contributed by atoms with Crippen molar-refractivity contribution in [1.29, 1.82) is 0 Å². The first kappa shape index (κ1) is 31.4. The van der Waals surface area contributed by atoms with E-state index in [4.69, 9.17) is 0 Å². The van der Waals surface area contributed by atoms with Gasteiger partial charge in [0.25, 0.3) is 0 Å². The van der Waals surface area contributed by atoms with Crippen molar-refractivity contribution < 1.29 is 0 Å². The Kier molecular flexibility index (Phi) is 12.2. The summed E-state index contributed by atoms with van der Waals surface area (Å²) in [6.45, 7) is 23.7. The van der Waals surface area contributed by atoms with Crippen LogP contribution in [0.5, 0.6) is 0 Å². The first-order chi connectivity index (χ1) is 19.5. The Morgan fingerprint density at radius 3 is 2.17 bits per heavy atom. The molecule has 1 nitrogen and oxygen atoms in total. The second kappa shape index (κ2) is 15.6. The van der Waals surface area contributed by atoms with Gasteiger partial charge in [-0.15, -0.1) is 13.2 Å². The van der Waals surface area contributed by atoms with Crippen LogP contribution in [0.1, 0.15) is 79.3 Å². The van der Waals surface area contributed by atoms with Crippen molar-refractivity contribution in [2.24, 2.45) is 5.92 Å². The summed E-state index contributed by atoms with van der Waals surface area (Å²) >= 11 is 0. The van der Waals surface area contributed by atoms with Gasteiger partial charge in [0.15, 0.2) is 0 Å². The summed E-state index contributed by atoms with van der Waals surface area (Å²) in [5.41, 5.74) is 11.6. The predicted molar refractivity (Wildman–Crippen MR) is 177 cm³/mol. The minimum absolute atomic E-state index is 0.449. The molecule has 0 saturated carbocycles. The van der Waals surface area contributed by atoms with Gasteiger partial charge in [-0.2, -0.15) is 0 Å². The molecule has 1 heterocycles. The average molecular weight is 534 g/mol. The number of allylic oxidation sites excluding steroid dienone is 1. The summed E-state index contributed by atoms with van der Waals surface area (Å²) in [4.78, 5) is 2.73. The SMILES string of the molecule is C=C.C=C(CCc1ccc(C)cc1)C1CCN(C(C)C2=Cc3ccccc3CC2c2ccccc2C)CC1.CC. The van der Waals surface area contributed by atoms with Crippen molar-refractivity contribution in [2.45, 2.75) is 78.7 Å². The Bertz CT molecular complexity index is 1240. The highest BCUT2D eigenvalue weighted by atomic mass is 15.2. The fraction of sp³-hybridized carbons (Fsp3) is 0.385. The van der Waals surface area contributed by atoms with Crippen LogP contribution in [0.25, 0.3) is 6.08 Å². The van der Waals surface area contributed by atoms with E-state index in [-0.39, 0.29) is 0 Å². The lowest BCUT2D eigenvalue weighted by Gasteiger charge is -2.41. The second-order valence-corrected chi connectivity index (χ2v) is 11.1. The van der Waals surface area contributed by atoms with Crippen LogP contribution in [0.4, 0.5) is 0 Å². The van der Waals surface area contributed by atoms with Gasteiger partial charge in [0.1, 0.15) is 0 Å². The van der Waals surface area contributed by atoms with Gasteiger partial charge in [0.05, 0.1) is 0 Å². The molecule has 212 valence electrons. The summed E-state index contributed by atoms with van der Waals surface area (Å²) in [6, 6.07) is 27.4. The van der Waals surface area contributed by atoms with E-state index in [1.807, 2.05) is 13.8 Å². The highest BCUT2D eigenvalue weighted by Gasteiger charge is 2.32. The minimum Gasteiger partial charge on any atom is -0.297 e. The highest BCUT2D eigenvalue weighted by molar-refractivity contribution is 5.64. The number of fused-ring (bicyclic) bond motifs is 1. The summed E-state index contributed by atoms with van der Waals surface area (Å²) in [7, 11) is 0. The third-order valence-corrected chi connectivity index (χ3v) is 8.76. The first-order valence-corrected chi connectivity index (χ1v) is 15.3. The number of aryl methyl sites for hydroxylation is 3. The van der Waals surface area contributed by atoms with Gasteiger partial charge in [-0.25, -0.2) is 0 Å². The molecule has 2 unspecified atom stereocenters. The van der Waals surface area contributed by atoms with E-state index in [1.165, 1.54) is 51.8 Å². The number of likely N-dealkylation sites (tertiary alicyclic amines) is 1. The molecule has 40 heavy (non-hydrogen) atoms. The molecule has 5 rings (SSSR count). The highest BCUT2D eigenvalue weighted by Crippen LogP contribution is 2.40. The van der Waals surface area contributed by atoms with Gasteiger partial charge in [0.2, 0.25) is 0 Å². The molecule has 0 amide bonds. The second-order valence-electron chi connectivity index (χ2n) is 11.1. The molecule has 3 aromatic rings. The number of rotatable bonds is 7. The summed E-state index contributed by atoms with van der Waals surface area (Å²) in [5, 5.41) is 0. The summed E-state index contributed by atoms with van der Waals surface area (Å²) in [5.74, 6) is 1.12. The molecule has 0 radical (unpaired) electrons. The van der Waals surface area contributed by atoms with Crippen LogP contribution in [-0.4, -0.2) is 24.0 Å². The average Bonchev–Trinajstić information content (AvgIpc) is 3.02. The van der Waals surface area contributed by atoms with Gasteiger partial charge < -0.3 is 0 Å². The zero-order valence-corrected chi connectivity index (χ0v) is 25.8. The predicted octanol–water partition coefficient (Wildman–Crippen LogP) is 10.1. The van der Waals surface area contributed by atoms with Crippen molar-refractivity contribution in [3.8, 4) is 0 Å². The number of hydrogen-bond acceptors (Lipinski definition) is 1. The smallest absolute Gasteiger partial charge is 0.0288 e. The van der Waals surface area contributed by atoms with Crippen molar-refractivity contribution in [3.05, 3.63) is 137 Å². The van der Waals surface area contributed by atoms with E-state index in [0.717, 1.165) is 32.4 Å². The monoisotopic (exact) mass is 533 g/mol. The Morgan fingerprint density at radius 2 is 1.50 bits per heavy atom. The molecule has 1 fully saturated rings. The van der Waals surface area contributed by atoms with Gasteiger partial charge in [0, 0.05) is 12.0 Å². The molecule has 1 saturated heterocycles. The first-order valence-electron chi connectivity index (χ1n) is 15.3. The van der Waals surface area contributed by atoms with E-state index in [0.29, 0.717) is 17.9 Å². The minimum atomic E-state index is 0.449. The molecule has 0 spiro atoms. The van der Waals surface area contributed by atoms with E-state index < -0.39 is 0 Å². The Balaban J connectivity index is 0.00000106. The maximum atomic E-state index is 4.53. The van der Waals surface area contributed by atoms with Crippen molar-refractivity contribution >= 4 is 6.08 Å². The zero-order valence-electron chi connectivity index (χ0n) is 25.8. The third-order valence-electron chi connectivity index (χ3n) is 8.76. The molecule has 3 aromatic carbocycles. The number of nitrogens with zero attached hydrogens (tertiary/aromatic N) is 1. The molecule has 1 aliphatic carbocycles. The van der Waals surface area contributed by atoms with Crippen LogP contribution in [0.3, 0.4) is 0 Å². The van der Waals surface area contributed by atoms with Crippen LogP contribution in [-0.2, 0) is 12.8 Å². The van der Waals surface area contributed by atoms with Crippen LogP contribution < -0.4 is 0 Å². The largest absolute Gasteiger partial charge is 0.297 e. The quantitative estimate of drug-likeness (QED) is 0.273. The Labute approximate surface area is 245 Å². The molecule has 0 N–H and O–H groups in total. The fourth-order valence-corrected chi connectivity index (χ4v) is 6.33. The maximum Gasteiger partial charge on any atom is 0.0288 e. The van der Waals surface area contributed by atoms with Gasteiger partial charge >= 0.3 is 0 Å². The van der Waals surface area contributed by atoms with Crippen molar-refractivity contribution in [2.75, 3.05) is 13.1 Å². The molecule has 2 aliphatic rings. The lowest BCUT2D eigenvalue weighted by Crippen LogP contribution is -2.42. The Morgan fingerprint density at radius 1 is 0.875 bits per heavy atom. The van der Waals surface area contributed by atoms with Crippen LogP contribution in [0.2, 0.25) is 0 Å². The number of piperidine rings is 1. The van der Waals surface area contributed by atoms with E-state index in [9.17, 15) is 0 Å². The van der Waals surface area contributed by atoms with Crippen LogP contribution >= 0.6 is 0 Å². The van der Waals surface area contributed by atoms with E-state index >= 15 is 0 Å². The van der Waals surface area contributed by atoms with Crippen molar-refractivity contribution in [3.63, 3.8) is 0 Å². The fourth-order valence-electron chi connectivity index (χ4n) is 6.33. The lowest BCUT2D eigenvalue weighted by molar-refractivity contribution is 0.164. The van der Waals surface area contributed by atoms with E-state index in [1.54, 1.807) is 5.57 Å². The molecule has 1 heteroatoms. The van der Waals surface area contributed by atoms with Gasteiger partial charge in [-0.05, 0) is 105 Å².